The van der Waals surface area contributed by atoms with Gasteiger partial charge in [0.25, 0.3) is 0 Å². The van der Waals surface area contributed by atoms with Gasteiger partial charge in [0.15, 0.2) is 0 Å². The monoisotopic (exact) mass is 347 g/mol. The van der Waals surface area contributed by atoms with E-state index in [1.807, 2.05) is 6.07 Å². The van der Waals surface area contributed by atoms with E-state index in [0.717, 1.165) is 36.1 Å². The van der Waals surface area contributed by atoms with Crippen LogP contribution in [0.15, 0.2) is 42.7 Å². The molecule has 0 bridgehead atoms. The smallest absolute Gasteiger partial charge is 0.335 e. The van der Waals surface area contributed by atoms with Gasteiger partial charge in [-0.15, -0.1) is 0 Å². The van der Waals surface area contributed by atoms with Crippen molar-refractivity contribution in [2.75, 3.05) is 11.4 Å². The fourth-order valence-corrected chi connectivity index (χ4v) is 3.34. The minimum atomic E-state index is -4.45. The lowest BCUT2D eigenvalue weighted by atomic mass is 9.98. The number of halogens is 3. The molecule has 1 aliphatic carbocycles. The van der Waals surface area contributed by atoms with Gasteiger partial charge in [-0.05, 0) is 54.2 Å². The Balaban J connectivity index is 1.74. The maximum atomic E-state index is 13.0. The normalized spacial score (nSPS) is 20.7. The van der Waals surface area contributed by atoms with Gasteiger partial charge < -0.3 is 5.32 Å². The lowest BCUT2D eigenvalue weighted by Crippen LogP contribution is -2.30. The summed E-state index contributed by atoms with van der Waals surface area (Å²) in [5, 5.41) is 2.74. The van der Waals surface area contributed by atoms with E-state index in [0.29, 0.717) is 12.5 Å². The van der Waals surface area contributed by atoms with Gasteiger partial charge in [0.05, 0.1) is 11.6 Å². The number of carbonyl (C=O) groups excluding carboxylic acids is 1. The molecule has 1 unspecified atom stereocenters. The van der Waals surface area contributed by atoms with Gasteiger partial charge in [0.2, 0.25) is 0 Å². The van der Waals surface area contributed by atoms with Gasteiger partial charge in [-0.25, -0.2) is 4.79 Å². The van der Waals surface area contributed by atoms with E-state index in [2.05, 4.69) is 10.3 Å². The molecule has 25 heavy (non-hydrogen) atoms. The van der Waals surface area contributed by atoms with Crippen molar-refractivity contribution in [3.63, 3.8) is 0 Å². The lowest BCUT2D eigenvalue weighted by Gasteiger charge is -2.25. The van der Waals surface area contributed by atoms with Crippen molar-refractivity contribution in [3.8, 4) is 0 Å². The van der Waals surface area contributed by atoms with Crippen LogP contribution in [-0.4, -0.2) is 17.6 Å². The fraction of sp³-hybridized carbons (Fsp3) is 0.333. The number of nitrogens with zero attached hydrogens (tertiary/aromatic N) is 2. The van der Waals surface area contributed by atoms with Crippen molar-refractivity contribution in [2.45, 2.75) is 31.0 Å². The number of hydrogen-bond donors (Lipinski definition) is 1. The van der Waals surface area contributed by atoms with E-state index in [4.69, 9.17) is 0 Å². The molecule has 130 valence electrons. The van der Waals surface area contributed by atoms with E-state index in [1.165, 1.54) is 17.0 Å². The number of pyridine rings is 1. The molecule has 1 saturated heterocycles. The van der Waals surface area contributed by atoms with E-state index >= 15 is 0 Å². The molecule has 1 saturated carbocycles. The molecule has 4 rings (SSSR count). The summed E-state index contributed by atoms with van der Waals surface area (Å²) in [6.07, 6.45) is 1.17. The van der Waals surface area contributed by atoms with Gasteiger partial charge in [-0.1, -0.05) is 6.07 Å². The summed E-state index contributed by atoms with van der Waals surface area (Å²) < 4.78 is 39.1. The largest absolute Gasteiger partial charge is 0.416 e. The summed E-state index contributed by atoms with van der Waals surface area (Å²) >= 11 is 0. The Kier molecular flexibility index (Phi) is 3.67. The number of carbonyl (C=O) groups is 1. The lowest BCUT2D eigenvalue weighted by molar-refractivity contribution is -0.137. The summed E-state index contributed by atoms with van der Waals surface area (Å²) in [5.41, 5.74) is 1.51. The zero-order valence-corrected chi connectivity index (χ0v) is 13.3. The van der Waals surface area contributed by atoms with Crippen LogP contribution in [-0.2, 0) is 6.18 Å². The molecule has 0 radical (unpaired) electrons. The SMILES string of the molecule is O=C1NCC(c2cnccc2C2CC2)N1c1cccc(C(F)(F)F)c1. The number of urea groups is 1. The number of alkyl halides is 3. The van der Waals surface area contributed by atoms with Crippen LogP contribution in [0.1, 0.15) is 41.5 Å². The number of anilines is 1. The van der Waals surface area contributed by atoms with Gasteiger partial charge in [-0.2, -0.15) is 13.2 Å². The maximum Gasteiger partial charge on any atom is 0.416 e. The molecule has 4 nitrogen and oxygen atoms in total. The van der Waals surface area contributed by atoms with E-state index < -0.39 is 17.8 Å². The van der Waals surface area contributed by atoms with Crippen LogP contribution < -0.4 is 10.2 Å². The first-order chi connectivity index (χ1) is 11.9. The Morgan fingerprint density at radius 1 is 1.16 bits per heavy atom. The molecular formula is C18H16F3N3O. The summed E-state index contributed by atoms with van der Waals surface area (Å²) in [4.78, 5) is 17.9. The molecule has 2 aromatic rings. The van der Waals surface area contributed by atoms with Gasteiger partial charge >= 0.3 is 12.2 Å². The molecule has 2 amide bonds. The zero-order valence-electron chi connectivity index (χ0n) is 13.3. The molecule has 2 heterocycles. The molecule has 1 atom stereocenters. The molecule has 1 aromatic carbocycles. The average molecular weight is 347 g/mol. The first-order valence-corrected chi connectivity index (χ1v) is 8.13. The van der Waals surface area contributed by atoms with Gasteiger partial charge in [-0.3, -0.25) is 9.88 Å². The van der Waals surface area contributed by atoms with Crippen LogP contribution in [0.3, 0.4) is 0 Å². The van der Waals surface area contributed by atoms with Crippen molar-refractivity contribution in [3.05, 3.63) is 59.4 Å². The van der Waals surface area contributed by atoms with Crippen LogP contribution in [0.2, 0.25) is 0 Å². The topological polar surface area (TPSA) is 45.2 Å². The van der Waals surface area contributed by atoms with E-state index in [9.17, 15) is 18.0 Å². The first-order valence-electron chi connectivity index (χ1n) is 8.13. The van der Waals surface area contributed by atoms with Crippen molar-refractivity contribution in [1.82, 2.24) is 10.3 Å². The summed E-state index contributed by atoms with van der Waals surface area (Å²) in [6, 6.07) is 6.07. The Hall–Kier alpha value is -2.57. The molecule has 2 aliphatic rings. The number of rotatable bonds is 3. The average Bonchev–Trinajstić information content (AvgIpc) is 3.36. The molecule has 1 N–H and O–H groups in total. The molecule has 0 spiro atoms. The van der Waals surface area contributed by atoms with Crippen LogP contribution in [0, 0.1) is 0 Å². The number of hydrogen-bond acceptors (Lipinski definition) is 2. The number of aromatic nitrogens is 1. The van der Waals surface area contributed by atoms with Crippen molar-refractivity contribution in [1.29, 1.82) is 0 Å². The minimum absolute atomic E-state index is 0.237. The zero-order chi connectivity index (χ0) is 17.6. The third-order valence-corrected chi connectivity index (χ3v) is 4.69. The molecule has 1 aliphatic heterocycles. The van der Waals surface area contributed by atoms with Crippen LogP contribution in [0.25, 0.3) is 0 Å². The highest BCUT2D eigenvalue weighted by Gasteiger charge is 2.38. The predicted octanol–water partition coefficient (Wildman–Crippen LogP) is 4.25. The third-order valence-electron chi connectivity index (χ3n) is 4.69. The number of nitrogens with one attached hydrogen (secondary N) is 1. The highest BCUT2D eigenvalue weighted by atomic mass is 19.4. The highest BCUT2D eigenvalue weighted by molar-refractivity contribution is 5.95. The second-order valence-electron chi connectivity index (χ2n) is 6.40. The standard InChI is InChI=1S/C18H16F3N3O/c19-18(20,21)12-2-1-3-13(8-12)24-16(10-23-17(24)25)15-9-22-7-6-14(15)11-4-5-11/h1-3,6-9,11,16H,4-5,10H2,(H,23,25). The molecular weight excluding hydrogens is 331 g/mol. The van der Waals surface area contributed by atoms with E-state index in [1.54, 1.807) is 12.4 Å². The van der Waals surface area contributed by atoms with Gasteiger partial charge in [0.1, 0.15) is 0 Å². The number of benzene rings is 1. The summed E-state index contributed by atoms with van der Waals surface area (Å²) in [5.74, 6) is 0.456. The maximum absolute atomic E-state index is 13.0. The molecule has 7 heteroatoms. The van der Waals surface area contributed by atoms with E-state index in [-0.39, 0.29) is 11.7 Å². The number of amides is 2. The van der Waals surface area contributed by atoms with Crippen molar-refractivity contribution < 1.29 is 18.0 Å². The fourth-order valence-electron chi connectivity index (χ4n) is 3.34. The Morgan fingerprint density at radius 3 is 2.68 bits per heavy atom. The van der Waals surface area contributed by atoms with Crippen LogP contribution in [0.4, 0.5) is 23.7 Å². The first kappa shape index (κ1) is 15.9. The second-order valence-corrected chi connectivity index (χ2v) is 6.40. The Labute approximate surface area is 142 Å². The van der Waals surface area contributed by atoms with Crippen molar-refractivity contribution >= 4 is 11.7 Å². The quantitative estimate of drug-likeness (QED) is 0.902. The summed E-state index contributed by atoms with van der Waals surface area (Å²) in [6.45, 7) is 0.348. The Bertz CT molecular complexity index is 817. The third kappa shape index (κ3) is 2.94. The van der Waals surface area contributed by atoms with Crippen LogP contribution in [0.5, 0.6) is 0 Å². The van der Waals surface area contributed by atoms with Crippen LogP contribution >= 0.6 is 0 Å². The molecule has 2 fully saturated rings. The molecule has 1 aromatic heterocycles. The van der Waals surface area contributed by atoms with Gasteiger partial charge in [0, 0.05) is 24.6 Å². The summed E-state index contributed by atoms with van der Waals surface area (Å²) in [7, 11) is 0. The minimum Gasteiger partial charge on any atom is -0.335 e. The Morgan fingerprint density at radius 2 is 1.96 bits per heavy atom. The highest BCUT2D eigenvalue weighted by Crippen LogP contribution is 2.44. The predicted molar refractivity (Wildman–Crippen MR) is 86.3 cm³/mol. The van der Waals surface area contributed by atoms with Crippen molar-refractivity contribution in [2.24, 2.45) is 0 Å². The second kappa shape index (κ2) is 5.75.